The lowest BCUT2D eigenvalue weighted by Gasteiger charge is -2.05. The predicted molar refractivity (Wildman–Crippen MR) is 93.8 cm³/mol. The van der Waals surface area contributed by atoms with Crippen LogP contribution >= 0.6 is 0 Å². The number of nitrogens with one attached hydrogen (secondary N) is 1. The maximum absolute atomic E-state index is 12.0. The van der Waals surface area contributed by atoms with Gasteiger partial charge in [0.1, 0.15) is 5.75 Å². The summed E-state index contributed by atoms with van der Waals surface area (Å²) in [6.07, 6.45) is 4.10. The van der Waals surface area contributed by atoms with E-state index in [1.807, 2.05) is 6.07 Å². The predicted octanol–water partition coefficient (Wildman–Crippen LogP) is 4.00. The first-order valence-corrected chi connectivity index (χ1v) is 7.81. The zero-order chi connectivity index (χ0) is 16.5. The Morgan fingerprint density at radius 2 is 1.78 bits per heavy atom. The summed E-state index contributed by atoms with van der Waals surface area (Å²) < 4.78 is 5.08. The van der Waals surface area contributed by atoms with Gasteiger partial charge in [-0.05, 0) is 49.6 Å². The van der Waals surface area contributed by atoms with Crippen molar-refractivity contribution < 1.29 is 9.53 Å². The molecule has 2 aromatic rings. The minimum absolute atomic E-state index is 0.0697. The van der Waals surface area contributed by atoms with Gasteiger partial charge in [-0.2, -0.15) is 0 Å². The van der Waals surface area contributed by atoms with Crippen LogP contribution < -0.4 is 10.1 Å². The first-order chi connectivity index (χ1) is 11.2. The molecule has 0 aliphatic carbocycles. The summed E-state index contributed by atoms with van der Waals surface area (Å²) in [7, 11) is 1.61. The SMILES string of the molecule is COc1ccc(C(=O)NC/C=C(\C)CCc2ccccc2)cc1. The summed E-state index contributed by atoms with van der Waals surface area (Å²) in [5.74, 6) is 0.679. The lowest BCUT2D eigenvalue weighted by atomic mass is 10.1. The fourth-order valence-corrected chi connectivity index (χ4v) is 2.25. The van der Waals surface area contributed by atoms with E-state index in [-0.39, 0.29) is 5.91 Å². The van der Waals surface area contributed by atoms with E-state index in [9.17, 15) is 4.79 Å². The van der Waals surface area contributed by atoms with E-state index in [0.717, 1.165) is 18.6 Å². The van der Waals surface area contributed by atoms with Crippen molar-refractivity contribution in [3.8, 4) is 5.75 Å². The van der Waals surface area contributed by atoms with Crippen LogP contribution in [0.25, 0.3) is 0 Å². The summed E-state index contributed by atoms with van der Waals surface area (Å²) >= 11 is 0. The van der Waals surface area contributed by atoms with Crippen LogP contribution in [0.3, 0.4) is 0 Å². The van der Waals surface area contributed by atoms with Crippen LogP contribution in [0.15, 0.2) is 66.2 Å². The quantitative estimate of drug-likeness (QED) is 0.785. The number of carbonyl (C=O) groups excluding carboxylic acids is 1. The Hall–Kier alpha value is -2.55. The van der Waals surface area contributed by atoms with Crippen LogP contribution in [0.4, 0.5) is 0 Å². The maximum Gasteiger partial charge on any atom is 0.251 e. The second-order valence-electron chi connectivity index (χ2n) is 5.47. The number of amides is 1. The molecule has 120 valence electrons. The number of methoxy groups -OCH3 is 1. The number of ether oxygens (including phenoxy) is 1. The maximum atomic E-state index is 12.0. The molecule has 0 aliphatic heterocycles. The normalized spacial score (nSPS) is 11.1. The average molecular weight is 309 g/mol. The van der Waals surface area contributed by atoms with Crippen molar-refractivity contribution in [2.24, 2.45) is 0 Å². The number of aryl methyl sites for hydroxylation is 1. The fourth-order valence-electron chi connectivity index (χ4n) is 2.25. The first kappa shape index (κ1) is 16.8. The van der Waals surface area contributed by atoms with Crippen LogP contribution in [0.2, 0.25) is 0 Å². The summed E-state index contributed by atoms with van der Waals surface area (Å²) in [4.78, 5) is 12.0. The van der Waals surface area contributed by atoms with Crippen LogP contribution in [-0.4, -0.2) is 19.6 Å². The summed E-state index contributed by atoms with van der Waals surface area (Å²) in [5, 5.41) is 2.91. The standard InChI is InChI=1S/C20H23NO2/c1-16(8-9-17-6-4-3-5-7-17)14-15-21-20(22)18-10-12-19(23-2)13-11-18/h3-7,10-14H,8-9,15H2,1-2H3,(H,21,22)/b16-14+. The van der Waals surface area contributed by atoms with Crippen LogP contribution in [-0.2, 0) is 6.42 Å². The van der Waals surface area contributed by atoms with Crippen LogP contribution in [0, 0.1) is 0 Å². The third kappa shape index (κ3) is 5.62. The molecule has 1 N–H and O–H groups in total. The van der Waals surface area contributed by atoms with Crippen molar-refractivity contribution in [2.75, 3.05) is 13.7 Å². The van der Waals surface area contributed by atoms with Gasteiger partial charge in [-0.25, -0.2) is 0 Å². The van der Waals surface area contributed by atoms with Gasteiger partial charge in [-0.15, -0.1) is 0 Å². The largest absolute Gasteiger partial charge is 0.497 e. The Kier molecular flexibility index (Phi) is 6.42. The number of hydrogen-bond acceptors (Lipinski definition) is 2. The molecule has 3 heteroatoms. The number of benzene rings is 2. The Morgan fingerprint density at radius 1 is 1.09 bits per heavy atom. The van der Waals surface area contributed by atoms with Crippen molar-refractivity contribution in [3.63, 3.8) is 0 Å². The number of allylic oxidation sites excluding steroid dienone is 1. The molecule has 0 aromatic heterocycles. The highest BCUT2D eigenvalue weighted by atomic mass is 16.5. The van der Waals surface area contributed by atoms with E-state index < -0.39 is 0 Å². The van der Waals surface area contributed by atoms with Crippen LogP contribution in [0.1, 0.15) is 29.3 Å². The molecule has 0 saturated heterocycles. The first-order valence-electron chi connectivity index (χ1n) is 7.81. The van der Waals surface area contributed by atoms with Crippen LogP contribution in [0.5, 0.6) is 5.75 Å². The number of rotatable bonds is 7. The van der Waals surface area contributed by atoms with Gasteiger partial charge in [0, 0.05) is 12.1 Å². The van der Waals surface area contributed by atoms with Crippen molar-refractivity contribution in [2.45, 2.75) is 19.8 Å². The fraction of sp³-hybridized carbons (Fsp3) is 0.250. The molecule has 0 bridgehead atoms. The molecule has 0 saturated carbocycles. The Morgan fingerprint density at radius 3 is 2.43 bits per heavy atom. The summed E-state index contributed by atoms with van der Waals surface area (Å²) in [6.45, 7) is 2.65. The minimum Gasteiger partial charge on any atom is -0.497 e. The molecule has 0 atom stereocenters. The van der Waals surface area contributed by atoms with Gasteiger partial charge in [0.2, 0.25) is 0 Å². The molecule has 23 heavy (non-hydrogen) atoms. The Balaban J connectivity index is 1.77. The van der Waals surface area contributed by atoms with E-state index in [1.54, 1.807) is 31.4 Å². The zero-order valence-corrected chi connectivity index (χ0v) is 13.7. The molecular weight excluding hydrogens is 286 g/mol. The second kappa shape index (κ2) is 8.79. The third-order valence-corrected chi connectivity index (χ3v) is 3.72. The molecule has 0 fully saturated rings. The number of hydrogen-bond donors (Lipinski definition) is 1. The number of carbonyl (C=O) groups is 1. The Labute approximate surface area is 138 Å². The molecule has 1 amide bonds. The molecule has 3 nitrogen and oxygen atoms in total. The highest BCUT2D eigenvalue weighted by molar-refractivity contribution is 5.94. The molecular formula is C20H23NO2. The molecule has 0 aliphatic rings. The Bertz CT molecular complexity index is 645. The molecule has 0 spiro atoms. The van der Waals surface area contributed by atoms with Crippen molar-refractivity contribution in [1.82, 2.24) is 5.32 Å². The average Bonchev–Trinajstić information content (AvgIpc) is 2.61. The monoisotopic (exact) mass is 309 g/mol. The summed E-state index contributed by atoms with van der Waals surface area (Å²) in [5.41, 5.74) is 3.26. The molecule has 0 radical (unpaired) electrons. The highest BCUT2D eigenvalue weighted by Crippen LogP contribution is 2.11. The lowest BCUT2D eigenvalue weighted by Crippen LogP contribution is -2.23. The third-order valence-electron chi connectivity index (χ3n) is 3.72. The smallest absolute Gasteiger partial charge is 0.251 e. The van der Waals surface area contributed by atoms with Crippen molar-refractivity contribution >= 4 is 5.91 Å². The molecule has 2 rings (SSSR count). The van der Waals surface area contributed by atoms with Gasteiger partial charge in [-0.3, -0.25) is 4.79 Å². The van der Waals surface area contributed by atoms with Gasteiger partial charge in [0.15, 0.2) is 0 Å². The van der Waals surface area contributed by atoms with E-state index in [1.165, 1.54) is 11.1 Å². The van der Waals surface area contributed by atoms with E-state index >= 15 is 0 Å². The van der Waals surface area contributed by atoms with Gasteiger partial charge < -0.3 is 10.1 Å². The van der Waals surface area contributed by atoms with Gasteiger partial charge in [0.25, 0.3) is 5.91 Å². The molecule has 0 heterocycles. The highest BCUT2D eigenvalue weighted by Gasteiger charge is 2.04. The van der Waals surface area contributed by atoms with E-state index in [0.29, 0.717) is 12.1 Å². The van der Waals surface area contributed by atoms with Gasteiger partial charge in [0.05, 0.1) is 7.11 Å². The second-order valence-corrected chi connectivity index (χ2v) is 5.47. The molecule has 2 aromatic carbocycles. The van der Waals surface area contributed by atoms with Gasteiger partial charge in [-0.1, -0.05) is 42.0 Å². The molecule has 0 unspecified atom stereocenters. The lowest BCUT2D eigenvalue weighted by molar-refractivity contribution is 0.0958. The van der Waals surface area contributed by atoms with Gasteiger partial charge >= 0.3 is 0 Å². The summed E-state index contributed by atoms with van der Waals surface area (Å²) in [6, 6.07) is 17.5. The minimum atomic E-state index is -0.0697. The topological polar surface area (TPSA) is 38.3 Å². The zero-order valence-electron chi connectivity index (χ0n) is 13.7. The van der Waals surface area contributed by atoms with E-state index in [2.05, 4.69) is 42.6 Å². The van der Waals surface area contributed by atoms with Crippen molar-refractivity contribution in [1.29, 1.82) is 0 Å². The van der Waals surface area contributed by atoms with Crippen molar-refractivity contribution in [3.05, 3.63) is 77.4 Å². The van der Waals surface area contributed by atoms with E-state index in [4.69, 9.17) is 4.74 Å².